The van der Waals surface area contributed by atoms with Crippen molar-refractivity contribution in [3.05, 3.63) is 19.9 Å². The minimum atomic E-state index is -0.0676. The SMILES string of the molecule is CC(CO)C(C)NC(=O)c1csc(I)c1. The molecule has 0 radical (unpaired) electrons. The van der Waals surface area contributed by atoms with Gasteiger partial charge in [0, 0.05) is 18.0 Å². The van der Waals surface area contributed by atoms with Crippen molar-refractivity contribution in [2.24, 2.45) is 5.92 Å². The number of hydrogen-bond acceptors (Lipinski definition) is 3. The summed E-state index contributed by atoms with van der Waals surface area (Å²) in [6.45, 7) is 3.89. The second kappa shape index (κ2) is 5.81. The normalized spacial score (nSPS) is 14.7. The maximum atomic E-state index is 11.7. The molecule has 0 fully saturated rings. The fourth-order valence-corrected chi connectivity index (χ4v) is 2.35. The van der Waals surface area contributed by atoms with E-state index in [-0.39, 0.29) is 24.5 Å². The first-order valence-corrected chi connectivity index (χ1v) is 6.66. The highest BCUT2D eigenvalue weighted by Crippen LogP contribution is 2.16. The van der Waals surface area contributed by atoms with Gasteiger partial charge in [0.1, 0.15) is 0 Å². The molecule has 0 aliphatic rings. The van der Waals surface area contributed by atoms with Crippen LogP contribution in [0, 0.1) is 8.80 Å². The van der Waals surface area contributed by atoms with Gasteiger partial charge >= 0.3 is 0 Å². The summed E-state index contributed by atoms with van der Waals surface area (Å²) < 4.78 is 1.10. The molecule has 0 aromatic carbocycles. The van der Waals surface area contributed by atoms with Gasteiger partial charge in [0.05, 0.1) is 8.45 Å². The molecule has 3 nitrogen and oxygen atoms in total. The van der Waals surface area contributed by atoms with Gasteiger partial charge in [-0.3, -0.25) is 4.79 Å². The van der Waals surface area contributed by atoms with E-state index in [2.05, 4.69) is 27.9 Å². The Morgan fingerprint density at radius 2 is 2.33 bits per heavy atom. The molecule has 15 heavy (non-hydrogen) atoms. The van der Waals surface area contributed by atoms with Crippen LogP contribution in [0.15, 0.2) is 11.4 Å². The number of rotatable bonds is 4. The summed E-state index contributed by atoms with van der Waals surface area (Å²) >= 11 is 3.74. The molecule has 1 heterocycles. The van der Waals surface area contributed by atoms with Crippen LogP contribution in [-0.4, -0.2) is 23.7 Å². The molecule has 5 heteroatoms. The molecule has 2 atom stereocenters. The van der Waals surface area contributed by atoms with Crippen molar-refractivity contribution >= 4 is 39.8 Å². The van der Waals surface area contributed by atoms with Gasteiger partial charge in [-0.15, -0.1) is 11.3 Å². The van der Waals surface area contributed by atoms with Crippen molar-refractivity contribution in [3.8, 4) is 0 Å². The van der Waals surface area contributed by atoms with Gasteiger partial charge in [0.25, 0.3) is 5.91 Å². The third-order valence-corrected chi connectivity index (χ3v) is 4.12. The van der Waals surface area contributed by atoms with Gasteiger partial charge in [0.2, 0.25) is 0 Å². The summed E-state index contributed by atoms with van der Waals surface area (Å²) in [6, 6.07) is 1.84. The molecule has 0 aliphatic carbocycles. The average molecular weight is 339 g/mol. The first-order chi connectivity index (χ1) is 7.04. The molecule has 2 N–H and O–H groups in total. The van der Waals surface area contributed by atoms with Gasteiger partial charge < -0.3 is 10.4 Å². The molecule has 0 saturated carbocycles. The van der Waals surface area contributed by atoms with Crippen LogP contribution in [0.4, 0.5) is 0 Å². The molecule has 1 rings (SSSR count). The van der Waals surface area contributed by atoms with Crippen LogP contribution in [0.3, 0.4) is 0 Å². The van der Waals surface area contributed by atoms with Crippen LogP contribution in [0.5, 0.6) is 0 Å². The van der Waals surface area contributed by atoms with E-state index in [1.165, 1.54) is 0 Å². The summed E-state index contributed by atoms with van der Waals surface area (Å²) in [7, 11) is 0. The summed E-state index contributed by atoms with van der Waals surface area (Å²) in [5.74, 6) is 0.00798. The Morgan fingerprint density at radius 1 is 1.67 bits per heavy atom. The molecule has 0 aliphatic heterocycles. The van der Waals surface area contributed by atoms with E-state index in [9.17, 15) is 4.79 Å². The molecule has 0 bridgehead atoms. The summed E-state index contributed by atoms with van der Waals surface area (Å²) in [4.78, 5) is 11.7. The van der Waals surface area contributed by atoms with Gasteiger partial charge in [0.15, 0.2) is 0 Å². The van der Waals surface area contributed by atoms with Crippen LogP contribution in [0.1, 0.15) is 24.2 Å². The van der Waals surface area contributed by atoms with Crippen molar-refractivity contribution in [2.45, 2.75) is 19.9 Å². The number of halogens is 1. The Balaban J connectivity index is 2.56. The second-order valence-electron chi connectivity index (χ2n) is 3.56. The lowest BCUT2D eigenvalue weighted by Crippen LogP contribution is -2.38. The van der Waals surface area contributed by atoms with Gasteiger partial charge in [-0.25, -0.2) is 0 Å². The number of aliphatic hydroxyl groups excluding tert-OH is 1. The molecule has 0 spiro atoms. The van der Waals surface area contributed by atoms with E-state index < -0.39 is 0 Å². The topological polar surface area (TPSA) is 49.3 Å². The quantitative estimate of drug-likeness (QED) is 0.826. The van der Waals surface area contributed by atoms with E-state index in [1.807, 2.05) is 25.3 Å². The fourth-order valence-electron chi connectivity index (χ4n) is 1.02. The lowest BCUT2D eigenvalue weighted by atomic mass is 10.1. The van der Waals surface area contributed by atoms with E-state index in [0.29, 0.717) is 5.56 Å². The van der Waals surface area contributed by atoms with Crippen molar-refractivity contribution < 1.29 is 9.90 Å². The Morgan fingerprint density at radius 3 is 2.80 bits per heavy atom. The highest BCUT2D eigenvalue weighted by molar-refractivity contribution is 14.1. The van der Waals surface area contributed by atoms with Crippen LogP contribution in [0.25, 0.3) is 0 Å². The smallest absolute Gasteiger partial charge is 0.252 e. The Labute approximate surface area is 107 Å². The predicted octanol–water partition coefficient (Wildman–Crippen LogP) is 2.10. The number of carbonyl (C=O) groups excluding carboxylic acids is 1. The van der Waals surface area contributed by atoms with Crippen LogP contribution >= 0.6 is 33.9 Å². The first-order valence-electron chi connectivity index (χ1n) is 4.70. The maximum absolute atomic E-state index is 11.7. The van der Waals surface area contributed by atoms with Gasteiger partial charge in [-0.05, 0) is 41.5 Å². The Hall–Kier alpha value is -0.140. The summed E-state index contributed by atoms with van der Waals surface area (Å²) in [6.07, 6.45) is 0. The third kappa shape index (κ3) is 3.73. The van der Waals surface area contributed by atoms with Gasteiger partial charge in [-0.2, -0.15) is 0 Å². The number of carbonyl (C=O) groups is 1. The third-order valence-electron chi connectivity index (χ3n) is 2.33. The van der Waals surface area contributed by atoms with Crippen LogP contribution in [0.2, 0.25) is 0 Å². The zero-order valence-corrected chi connectivity index (χ0v) is 11.6. The Kier molecular flexibility index (Phi) is 5.01. The van der Waals surface area contributed by atoms with Crippen LogP contribution < -0.4 is 5.32 Å². The standard InChI is InChI=1S/C10H14INO2S/c1-6(4-13)7(2)12-10(14)8-3-9(11)15-5-8/h3,5-7,13H,4H2,1-2H3,(H,12,14). The molecule has 1 aromatic heterocycles. The minimum absolute atomic E-state index is 0.0138. The summed E-state index contributed by atoms with van der Waals surface area (Å²) in [5, 5.41) is 13.6. The monoisotopic (exact) mass is 339 g/mol. The molecule has 0 saturated heterocycles. The number of thiophene rings is 1. The van der Waals surface area contributed by atoms with E-state index in [4.69, 9.17) is 5.11 Å². The van der Waals surface area contributed by atoms with Crippen molar-refractivity contribution in [1.82, 2.24) is 5.32 Å². The number of aliphatic hydroxyl groups is 1. The summed E-state index contributed by atoms with van der Waals surface area (Å²) in [5.41, 5.74) is 0.696. The fraction of sp³-hybridized carbons (Fsp3) is 0.500. The highest BCUT2D eigenvalue weighted by Gasteiger charge is 2.15. The predicted molar refractivity (Wildman–Crippen MR) is 70.2 cm³/mol. The molecule has 1 aromatic rings. The maximum Gasteiger partial charge on any atom is 0.252 e. The van der Waals surface area contributed by atoms with E-state index in [0.717, 1.165) is 2.88 Å². The van der Waals surface area contributed by atoms with Crippen molar-refractivity contribution in [3.63, 3.8) is 0 Å². The number of nitrogens with one attached hydrogen (secondary N) is 1. The number of hydrogen-bond donors (Lipinski definition) is 2. The molecule has 2 unspecified atom stereocenters. The Bertz CT molecular complexity index is 340. The van der Waals surface area contributed by atoms with Crippen LogP contribution in [-0.2, 0) is 0 Å². The van der Waals surface area contributed by atoms with Gasteiger partial charge in [-0.1, -0.05) is 6.92 Å². The minimum Gasteiger partial charge on any atom is -0.396 e. The number of amides is 1. The van der Waals surface area contributed by atoms with E-state index in [1.54, 1.807) is 11.3 Å². The first kappa shape index (κ1) is 12.9. The van der Waals surface area contributed by atoms with E-state index >= 15 is 0 Å². The zero-order valence-electron chi connectivity index (χ0n) is 8.66. The van der Waals surface area contributed by atoms with Crippen molar-refractivity contribution in [2.75, 3.05) is 6.61 Å². The lowest BCUT2D eigenvalue weighted by molar-refractivity contribution is 0.0916. The molecule has 1 amide bonds. The van der Waals surface area contributed by atoms with Crippen molar-refractivity contribution in [1.29, 1.82) is 0 Å². The average Bonchev–Trinajstić information content (AvgIpc) is 2.63. The zero-order chi connectivity index (χ0) is 11.4. The molecular weight excluding hydrogens is 325 g/mol. The second-order valence-corrected chi connectivity index (χ2v) is 6.37. The molecule has 84 valence electrons. The molecular formula is C10H14INO2S. The lowest BCUT2D eigenvalue weighted by Gasteiger charge is -2.18. The largest absolute Gasteiger partial charge is 0.396 e. The highest BCUT2D eigenvalue weighted by atomic mass is 127.